The highest BCUT2D eigenvalue weighted by atomic mass is 35.5. The zero-order valence-corrected chi connectivity index (χ0v) is 15.6. The molecule has 4 nitrogen and oxygen atoms in total. The van der Waals surface area contributed by atoms with Crippen LogP contribution in [0.5, 0.6) is 11.5 Å². The van der Waals surface area contributed by atoms with Crippen molar-refractivity contribution in [3.63, 3.8) is 0 Å². The number of methoxy groups -OCH3 is 1. The zero-order valence-electron chi connectivity index (χ0n) is 14.8. The van der Waals surface area contributed by atoms with Crippen molar-refractivity contribution in [2.45, 2.75) is 13.0 Å². The van der Waals surface area contributed by atoms with Gasteiger partial charge in [0.2, 0.25) is 0 Å². The van der Waals surface area contributed by atoms with Gasteiger partial charge in [0.15, 0.2) is 0 Å². The fourth-order valence-electron chi connectivity index (χ4n) is 2.77. The van der Waals surface area contributed by atoms with E-state index in [2.05, 4.69) is 0 Å². The molecule has 0 saturated heterocycles. The van der Waals surface area contributed by atoms with Crippen molar-refractivity contribution in [1.29, 1.82) is 0 Å². The number of carboxylic acids is 1. The van der Waals surface area contributed by atoms with E-state index in [-0.39, 0.29) is 6.42 Å². The topological polar surface area (TPSA) is 55.8 Å². The van der Waals surface area contributed by atoms with Crippen LogP contribution in [0.25, 0.3) is 11.1 Å². The van der Waals surface area contributed by atoms with E-state index in [0.29, 0.717) is 28.7 Å². The molecule has 0 unspecified atom stereocenters. The van der Waals surface area contributed by atoms with Crippen molar-refractivity contribution >= 4 is 17.6 Å². The normalized spacial score (nSPS) is 10.4. The van der Waals surface area contributed by atoms with Crippen LogP contribution in [0.15, 0.2) is 66.7 Å². The van der Waals surface area contributed by atoms with Crippen LogP contribution in [-0.4, -0.2) is 18.2 Å². The van der Waals surface area contributed by atoms with Gasteiger partial charge in [-0.05, 0) is 52.6 Å². The van der Waals surface area contributed by atoms with E-state index in [4.69, 9.17) is 26.2 Å². The van der Waals surface area contributed by atoms with Crippen LogP contribution >= 0.6 is 11.6 Å². The van der Waals surface area contributed by atoms with Crippen LogP contribution in [0.1, 0.15) is 11.1 Å². The molecule has 0 heterocycles. The number of ether oxygens (including phenoxy) is 2. The van der Waals surface area contributed by atoms with Crippen molar-refractivity contribution in [3.8, 4) is 22.6 Å². The van der Waals surface area contributed by atoms with E-state index >= 15 is 0 Å². The molecule has 3 aromatic carbocycles. The molecule has 0 aliphatic rings. The molecule has 0 spiro atoms. The van der Waals surface area contributed by atoms with E-state index in [0.717, 1.165) is 16.7 Å². The lowest BCUT2D eigenvalue weighted by molar-refractivity contribution is -0.136. The predicted octanol–water partition coefficient (Wildman–Crippen LogP) is 5.22. The Morgan fingerprint density at radius 3 is 2.44 bits per heavy atom. The number of halogens is 1. The molecule has 0 radical (unpaired) electrons. The first kappa shape index (κ1) is 18.8. The van der Waals surface area contributed by atoms with E-state index < -0.39 is 5.97 Å². The Morgan fingerprint density at radius 2 is 1.70 bits per heavy atom. The molecular formula is C22H19ClO4. The van der Waals surface area contributed by atoms with Gasteiger partial charge in [-0.3, -0.25) is 4.79 Å². The van der Waals surface area contributed by atoms with Gasteiger partial charge in [0.1, 0.15) is 18.1 Å². The monoisotopic (exact) mass is 382 g/mol. The smallest absolute Gasteiger partial charge is 0.307 e. The van der Waals surface area contributed by atoms with Gasteiger partial charge in [-0.2, -0.15) is 0 Å². The van der Waals surface area contributed by atoms with E-state index in [1.165, 1.54) is 0 Å². The highest BCUT2D eigenvalue weighted by Gasteiger charge is 2.06. The second kappa shape index (κ2) is 8.60. The Balaban J connectivity index is 1.73. The summed E-state index contributed by atoms with van der Waals surface area (Å²) < 4.78 is 11.0. The molecule has 0 fully saturated rings. The van der Waals surface area contributed by atoms with Gasteiger partial charge in [-0.15, -0.1) is 0 Å². The number of carboxylic acid groups (broad SMARTS) is 1. The van der Waals surface area contributed by atoms with Crippen molar-refractivity contribution in [1.82, 2.24) is 0 Å². The maximum Gasteiger partial charge on any atom is 0.307 e. The quantitative estimate of drug-likeness (QED) is 0.608. The van der Waals surface area contributed by atoms with E-state index in [1.54, 1.807) is 25.3 Å². The van der Waals surface area contributed by atoms with Crippen molar-refractivity contribution in [2.75, 3.05) is 7.11 Å². The molecular weight excluding hydrogens is 364 g/mol. The molecule has 0 bridgehead atoms. The average Bonchev–Trinajstić information content (AvgIpc) is 2.66. The minimum Gasteiger partial charge on any atom is -0.495 e. The molecule has 3 rings (SSSR count). The van der Waals surface area contributed by atoms with Crippen LogP contribution in [-0.2, 0) is 17.8 Å². The molecule has 27 heavy (non-hydrogen) atoms. The maximum absolute atomic E-state index is 10.8. The van der Waals surface area contributed by atoms with Gasteiger partial charge in [-0.1, -0.05) is 48.0 Å². The molecule has 5 heteroatoms. The van der Waals surface area contributed by atoms with Gasteiger partial charge < -0.3 is 14.6 Å². The van der Waals surface area contributed by atoms with E-state index in [1.807, 2.05) is 48.5 Å². The first-order valence-electron chi connectivity index (χ1n) is 8.41. The Bertz CT molecular complexity index is 953. The molecule has 0 aliphatic carbocycles. The number of benzene rings is 3. The van der Waals surface area contributed by atoms with Crippen LogP contribution in [0.3, 0.4) is 0 Å². The fourth-order valence-corrected chi connectivity index (χ4v) is 3.03. The van der Waals surface area contributed by atoms with Crippen LogP contribution in [0, 0.1) is 0 Å². The summed E-state index contributed by atoms with van der Waals surface area (Å²) in [4.78, 5) is 10.8. The maximum atomic E-state index is 10.8. The van der Waals surface area contributed by atoms with Gasteiger partial charge in [-0.25, -0.2) is 0 Å². The summed E-state index contributed by atoms with van der Waals surface area (Å²) in [5.41, 5.74) is 3.73. The minimum atomic E-state index is -0.863. The molecule has 0 atom stereocenters. The third-order valence-corrected chi connectivity index (χ3v) is 4.37. The lowest BCUT2D eigenvalue weighted by Gasteiger charge is -2.10. The molecule has 138 valence electrons. The predicted molar refractivity (Wildman–Crippen MR) is 106 cm³/mol. The van der Waals surface area contributed by atoms with Crippen LogP contribution < -0.4 is 9.47 Å². The van der Waals surface area contributed by atoms with Crippen molar-refractivity contribution in [2.24, 2.45) is 0 Å². The first-order chi connectivity index (χ1) is 13.0. The number of carbonyl (C=O) groups is 1. The average molecular weight is 383 g/mol. The summed E-state index contributed by atoms with van der Waals surface area (Å²) in [7, 11) is 1.59. The number of rotatable bonds is 7. The largest absolute Gasteiger partial charge is 0.495 e. The Labute approximate surface area is 162 Å². The SMILES string of the molecule is COc1ccc(-c2cccc(COc3cccc(CC(=O)O)c3)c2)cc1Cl. The molecule has 0 aromatic heterocycles. The molecule has 0 aliphatic heterocycles. The minimum absolute atomic E-state index is 0.0229. The number of aliphatic carboxylic acids is 1. The van der Waals surface area contributed by atoms with E-state index in [9.17, 15) is 4.79 Å². The van der Waals surface area contributed by atoms with Crippen molar-refractivity contribution < 1.29 is 19.4 Å². The Hall–Kier alpha value is -2.98. The second-order valence-corrected chi connectivity index (χ2v) is 6.46. The zero-order chi connectivity index (χ0) is 19.2. The lowest BCUT2D eigenvalue weighted by atomic mass is 10.0. The van der Waals surface area contributed by atoms with Gasteiger partial charge >= 0.3 is 5.97 Å². The molecule has 0 amide bonds. The highest BCUT2D eigenvalue weighted by molar-refractivity contribution is 6.32. The van der Waals surface area contributed by atoms with Crippen LogP contribution in [0.2, 0.25) is 5.02 Å². The summed E-state index contributed by atoms with van der Waals surface area (Å²) in [5, 5.41) is 9.46. The Kier molecular flexibility index (Phi) is 5.99. The first-order valence-corrected chi connectivity index (χ1v) is 8.79. The lowest BCUT2D eigenvalue weighted by Crippen LogP contribution is -2.01. The molecule has 3 aromatic rings. The summed E-state index contributed by atoms with van der Waals surface area (Å²) in [5.74, 6) is 0.422. The summed E-state index contributed by atoms with van der Waals surface area (Å²) >= 11 is 6.22. The van der Waals surface area contributed by atoms with Gasteiger partial charge in [0.05, 0.1) is 18.6 Å². The standard InChI is InChI=1S/C22H19ClO4/c1-26-21-9-8-18(13-20(21)23)17-6-2-5-16(10-17)14-27-19-7-3-4-15(11-19)12-22(24)25/h2-11,13H,12,14H2,1H3,(H,24,25). The fraction of sp³-hybridized carbons (Fsp3) is 0.136. The molecule has 1 N–H and O–H groups in total. The van der Waals surface area contributed by atoms with Crippen molar-refractivity contribution in [3.05, 3.63) is 82.9 Å². The molecule has 0 saturated carbocycles. The third-order valence-electron chi connectivity index (χ3n) is 4.07. The van der Waals surface area contributed by atoms with Gasteiger partial charge in [0.25, 0.3) is 0 Å². The third kappa shape index (κ3) is 5.02. The highest BCUT2D eigenvalue weighted by Crippen LogP contribution is 2.30. The second-order valence-electron chi connectivity index (χ2n) is 6.06. The number of hydrogen-bond acceptors (Lipinski definition) is 3. The summed E-state index contributed by atoms with van der Waals surface area (Å²) in [6.07, 6.45) is -0.0229. The Morgan fingerprint density at radius 1 is 0.963 bits per heavy atom. The van der Waals surface area contributed by atoms with Gasteiger partial charge in [0, 0.05) is 0 Å². The summed E-state index contributed by atoms with van der Waals surface area (Å²) in [6.45, 7) is 0.383. The summed E-state index contributed by atoms with van der Waals surface area (Å²) in [6, 6.07) is 20.8. The van der Waals surface area contributed by atoms with Crippen LogP contribution in [0.4, 0.5) is 0 Å². The number of hydrogen-bond donors (Lipinski definition) is 1.